The van der Waals surface area contributed by atoms with Crippen molar-refractivity contribution < 1.29 is 33.4 Å². The van der Waals surface area contributed by atoms with E-state index in [0.29, 0.717) is 39.5 Å². The second-order valence-electron chi connectivity index (χ2n) is 8.54. The molecule has 0 radical (unpaired) electrons. The van der Waals surface area contributed by atoms with Gasteiger partial charge in [0.2, 0.25) is 0 Å². The fourth-order valence-electron chi connectivity index (χ4n) is 3.91. The molecule has 204 valence electrons. The van der Waals surface area contributed by atoms with Crippen LogP contribution in [0.2, 0.25) is 0 Å². The number of carbonyl (C=O) groups is 4. The molecule has 3 aromatic carbocycles. The molecule has 1 aliphatic heterocycles. The molecule has 0 atom stereocenters. The second-order valence-corrected chi connectivity index (χ2v) is 8.54. The van der Waals surface area contributed by atoms with Crippen molar-refractivity contribution in [2.75, 3.05) is 30.6 Å². The predicted molar refractivity (Wildman–Crippen MR) is 149 cm³/mol. The van der Waals surface area contributed by atoms with Crippen LogP contribution < -0.4 is 15.1 Å². The van der Waals surface area contributed by atoms with Gasteiger partial charge in [-0.2, -0.15) is 10.1 Å². The highest BCUT2D eigenvalue weighted by Crippen LogP contribution is 2.28. The summed E-state index contributed by atoms with van der Waals surface area (Å²) in [4.78, 5) is 49.7. The molecule has 0 aliphatic carbocycles. The number of benzene rings is 3. The quantitative estimate of drug-likeness (QED) is 0.313. The summed E-state index contributed by atoms with van der Waals surface area (Å²) in [5, 5.41) is 8.29. The van der Waals surface area contributed by atoms with Gasteiger partial charge in [-0.1, -0.05) is 30.3 Å². The first-order chi connectivity index (χ1) is 19.3. The van der Waals surface area contributed by atoms with Crippen molar-refractivity contribution in [3.63, 3.8) is 0 Å². The summed E-state index contributed by atoms with van der Waals surface area (Å²) in [7, 11) is 1.26. The fourth-order valence-corrected chi connectivity index (χ4v) is 3.91. The van der Waals surface area contributed by atoms with Gasteiger partial charge in [0.15, 0.2) is 6.61 Å². The van der Waals surface area contributed by atoms with Crippen LogP contribution >= 0.6 is 0 Å². The van der Waals surface area contributed by atoms with E-state index in [2.05, 4.69) is 10.4 Å². The maximum absolute atomic E-state index is 13.2. The van der Waals surface area contributed by atoms with Crippen molar-refractivity contribution in [1.82, 2.24) is 0 Å². The van der Waals surface area contributed by atoms with Crippen LogP contribution in [0, 0.1) is 0 Å². The number of hydrogen-bond acceptors (Lipinski definition) is 8. The van der Waals surface area contributed by atoms with E-state index in [4.69, 9.17) is 14.2 Å². The Bertz CT molecular complexity index is 1510. The minimum absolute atomic E-state index is 0.220. The molecule has 3 aromatic rings. The molecule has 10 heteroatoms. The van der Waals surface area contributed by atoms with E-state index in [1.807, 2.05) is 0 Å². The summed E-state index contributed by atoms with van der Waals surface area (Å²) in [5.41, 5.74) is 2.80. The van der Waals surface area contributed by atoms with Crippen LogP contribution in [0.3, 0.4) is 0 Å². The summed E-state index contributed by atoms with van der Waals surface area (Å²) >= 11 is 0. The number of hydrogen-bond donors (Lipinski definition) is 1. The van der Waals surface area contributed by atoms with Gasteiger partial charge < -0.3 is 19.5 Å². The molecule has 0 spiro atoms. The molecule has 0 saturated carbocycles. The molecule has 0 saturated heterocycles. The largest absolute Gasteiger partial charge is 0.483 e. The second kappa shape index (κ2) is 12.5. The van der Waals surface area contributed by atoms with Gasteiger partial charge in [-0.25, -0.2) is 9.59 Å². The lowest BCUT2D eigenvalue weighted by Gasteiger charge is -2.13. The Morgan fingerprint density at radius 1 is 0.950 bits per heavy atom. The predicted octanol–water partition coefficient (Wildman–Crippen LogP) is 4.47. The molecule has 10 nitrogen and oxygen atoms in total. The van der Waals surface area contributed by atoms with Crippen molar-refractivity contribution in [1.29, 1.82) is 0 Å². The first kappa shape index (κ1) is 27.8. The number of ether oxygens (including phenoxy) is 3. The number of methoxy groups -OCH3 is 1. The topological polar surface area (TPSA) is 124 Å². The van der Waals surface area contributed by atoms with Gasteiger partial charge in [-0.05, 0) is 62.4 Å². The summed E-state index contributed by atoms with van der Waals surface area (Å²) in [6, 6.07) is 19.8. The number of rotatable bonds is 9. The third-order valence-electron chi connectivity index (χ3n) is 5.87. The third kappa shape index (κ3) is 6.24. The molecule has 1 N–H and O–H groups in total. The number of anilines is 2. The van der Waals surface area contributed by atoms with Gasteiger partial charge in [-0.15, -0.1) is 0 Å². The maximum Gasteiger partial charge on any atom is 0.339 e. The molecular formula is C30H27N3O7. The average molecular weight is 542 g/mol. The molecule has 40 heavy (non-hydrogen) atoms. The number of hydrazone groups is 1. The van der Waals surface area contributed by atoms with E-state index >= 15 is 0 Å². The Kier molecular flexibility index (Phi) is 8.70. The number of para-hydroxylation sites is 2. The number of nitrogens with zero attached hydrogens (tertiary/aromatic N) is 2. The summed E-state index contributed by atoms with van der Waals surface area (Å²) < 4.78 is 15.5. The van der Waals surface area contributed by atoms with Gasteiger partial charge in [0, 0.05) is 5.56 Å². The lowest BCUT2D eigenvalue weighted by molar-refractivity contribution is -0.118. The Morgan fingerprint density at radius 3 is 2.38 bits per heavy atom. The molecular weight excluding hydrogens is 514 g/mol. The number of amides is 2. The van der Waals surface area contributed by atoms with Crippen molar-refractivity contribution >= 4 is 46.9 Å². The minimum atomic E-state index is -0.573. The summed E-state index contributed by atoms with van der Waals surface area (Å²) in [5.74, 6) is -1.47. The van der Waals surface area contributed by atoms with Gasteiger partial charge in [0.25, 0.3) is 11.8 Å². The zero-order valence-electron chi connectivity index (χ0n) is 22.2. The van der Waals surface area contributed by atoms with Crippen molar-refractivity contribution in [3.05, 3.63) is 95.1 Å². The monoisotopic (exact) mass is 541 g/mol. The Morgan fingerprint density at radius 2 is 1.65 bits per heavy atom. The zero-order chi connectivity index (χ0) is 28.6. The SMILES string of the molecule is CCOC(=O)c1ccc(N2N=C(C)/C(=C\c3ccccc3OCC(=O)Nc3ccccc3C(=O)OC)C2=O)cc1. The minimum Gasteiger partial charge on any atom is -0.483 e. The van der Waals surface area contributed by atoms with Crippen LogP contribution in [-0.2, 0) is 19.1 Å². The number of nitrogens with one attached hydrogen (secondary N) is 1. The Labute approximate surface area is 230 Å². The van der Waals surface area contributed by atoms with Crippen molar-refractivity contribution in [3.8, 4) is 5.75 Å². The maximum atomic E-state index is 13.2. The fraction of sp³-hybridized carbons (Fsp3) is 0.167. The van der Waals surface area contributed by atoms with Gasteiger partial charge in [0.05, 0.1) is 47.5 Å². The lowest BCUT2D eigenvalue weighted by atomic mass is 10.1. The summed E-state index contributed by atoms with van der Waals surface area (Å²) in [6.45, 7) is 3.37. The van der Waals surface area contributed by atoms with Gasteiger partial charge in [-0.3, -0.25) is 9.59 Å². The average Bonchev–Trinajstić information content (AvgIpc) is 3.25. The van der Waals surface area contributed by atoms with Crippen LogP contribution in [-0.4, -0.2) is 49.8 Å². The van der Waals surface area contributed by atoms with Crippen molar-refractivity contribution in [2.24, 2.45) is 5.10 Å². The van der Waals surface area contributed by atoms with Crippen LogP contribution in [0.25, 0.3) is 6.08 Å². The van der Waals surface area contributed by atoms with Crippen LogP contribution in [0.1, 0.15) is 40.1 Å². The van der Waals surface area contributed by atoms with E-state index in [0.717, 1.165) is 0 Å². The van der Waals surface area contributed by atoms with Crippen LogP contribution in [0.5, 0.6) is 5.75 Å². The molecule has 0 bridgehead atoms. The number of esters is 2. The molecule has 4 rings (SSSR count). The molecule has 0 unspecified atom stereocenters. The summed E-state index contributed by atoms with van der Waals surface area (Å²) in [6.07, 6.45) is 1.65. The molecule has 1 heterocycles. The third-order valence-corrected chi connectivity index (χ3v) is 5.87. The van der Waals surface area contributed by atoms with E-state index < -0.39 is 17.8 Å². The number of carbonyl (C=O) groups excluding carboxylic acids is 4. The standard InChI is InChI=1S/C30H27N3O7/c1-4-39-29(36)20-13-15-22(16-14-20)33-28(35)24(19(2)32-33)17-21-9-5-8-12-26(21)40-18-27(34)31-25-11-7-6-10-23(25)30(37)38-3/h5-17H,4,18H2,1-3H3,(H,31,34)/b24-17+. The van der Waals surface area contributed by atoms with E-state index in [9.17, 15) is 19.2 Å². The van der Waals surface area contributed by atoms with E-state index in [1.165, 1.54) is 12.1 Å². The smallest absolute Gasteiger partial charge is 0.339 e. The Hall–Kier alpha value is -5.25. The zero-order valence-corrected chi connectivity index (χ0v) is 22.2. The van der Waals surface area contributed by atoms with E-state index in [1.54, 1.807) is 92.7 Å². The highest BCUT2D eigenvalue weighted by molar-refractivity contribution is 6.32. The first-order valence-corrected chi connectivity index (χ1v) is 12.4. The van der Waals surface area contributed by atoms with Crippen LogP contribution in [0.4, 0.5) is 11.4 Å². The van der Waals surface area contributed by atoms with Gasteiger partial charge in [0.1, 0.15) is 5.75 Å². The van der Waals surface area contributed by atoms with Crippen LogP contribution in [0.15, 0.2) is 83.5 Å². The van der Waals surface area contributed by atoms with E-state index in [-0.39, 0.29) is 24.7 Å². The molecule has 0 fully saturated rings. The first-order valence-electron chi connectivity index (χ1n) is 12.4. The molecule has 1 aliphatic rings. The highest BCUT2D eigenvalue weighted by atomic mass is 16.5. The molecule has 2 amide bonds. The highest BCUT2D eigenvalue weighted by Gasteiger charge is 2.29. The Balaban J connectivity index is 1.47. The van der Waals surface area contributed by atoms with Gasteiger partial charge >= 0.3 is 11.9 Å². The normalized spacial score (nSPS) is 13.6. The molecule has 0 aromatic heterocycles. The lowest BCUT2D eigenvalue weighted by Crippen LogP contribution is -2.22. The van der Waals surface area contributed by atoms with Crippen molar-refractivity contribution in [2.45, 2.75) is 13.8 Å².